The molecule has 2 aromatic carbocycles. The summed E-state index contributed by atoms with van der Waals surface area (Å²) < 4.78 is 50.8. The molecule has 0 aliphatic carbocycles. The van der Waals surface area contributed by atoms with E-state index >= 15 is 4.39 Å². The third-order valence-corrected chi connectivity index (χ3v) is 9.37. The lowest BCUT2D eigenvalue weighted by Gasteiger charge is -2.57. The Labute approximate surface area is 268 Å². The van der Waals surface area contributed by atoms with Crippen LogP contribution in [0.4, 0.5) is 28.4 Å². The fourth-order valence-corrected chi connectivity index (χ4v) is 6.80. The smallest absolute Gasteiger partial charge is 0.475 e. The molecule has 3 aliphatic heterocycles. The van der Waals surface area contributed by atoms with Crippen molar-refractivity contribution in [1.29, 1.82) is 0 Å². The van der Waals surface area contributed by atoms with E-state index in [0.29, 0.717) is 27.1 Å². The first-order valence-electron chi connectivity index (χ1n) is 14.8. The summed E-state index contributed by atoms with van der Waals surface area (Å²) in [7, 11) is 0. The van der Waals surface area contributed by atoms with Gasteiger partial charge in [0.05, 0.1) is 22.9 Å². The number of imidazole rings is 1. The largest absolute Gasteiger partial charge is 0.490 e. The molecular formula is C31H28F4N8O3S. The van der Waals surface area contributed by atoms with Gasteiger partial charge in [-0.15, -0.1) is 11.3 Å². The van der Waals surface area contributed by atoms with Crippen molar-refractivity contribution in [3.63, 3.8) is 0 Å². The highest BCUT2D eigenvalue weighted by Gasteiger charge is 2.47. The summed E-state index contributed by atoms with van der Waals surface area (Å²) in [4.78, 5) is 33.7. The minimum atomic E-state index is -5.08. The zero-order valence-corrected chi connectivity index (χ0v) is 25.5. The number of nitrogens with one attached hydrogen (secondary N) is 2. The van der Waals surface area contributed by atoms with Crippen molar-refractivity contribution in [3.8, 4) is 11.1 Å². The number of carboxylic acid groups (broad SMARTS) is 1. The summed E-state index contributed by atoms with van der Waals surface area (Å²) >= 11 is 1.34. The maximum atomic E-state index is 15.5. The third-order valence-electron chi connectivity index (χ3n) is 8.68. The van der Waals surface area contributed by atoms with Crippen molar-refractivity contribution < 1.29 is 32.3 Å². The molecule has 244 valence electrons. The van der Waals surface area contributed by atoms with E-state index in [1.807, 2.05) is 18.2 Å². The number of rotatable bonds is 6. The maximum Gasteiger partial charge on any atom is 0.490 e. The number of thiazole rings is 1. The van der Waals surface area contributed by atoms with Crippen LogP contribution in [0.2, 0.25) is 0 Å². The molecule has 0 bridgehead atoms. The third kappa shape index (κ3) is 5.93. The van der Waals surface area contributed by atoms with Crippen molar-refractivity contribution in [2.45, 2.75) is 31.6 Å². The lowest BCUT2D eigenvalue weighted by atomic mass is 9.74. The van der Waals surface area contributed by atoms with Crippen molar-refractivity contribution in [2.75, 3.05) is 36.4 Å². The minimum absolute atomic E-state index is 0.308. The van der Waals surface area contributed by atoms with Crippen LogP contribution in [-0.4, -0.2) is 73.7 Å². The topological polar surface area (TPSA) is 130 Å². The van der Waals surface area contributed by atoms with Gasteiger partial charge in [-0.05, 0) is 48.2 Å². The van der Waals surface area contributed by atoms with Crippen LogP contribution in [0.1, 0.15) is 23.9 Å². The Morgan fingerprint density at radius 2 is 1.83 bits per heavy atom. The van der Waals surface area contributed by atoms with Crippen molar-refractivity contribution >= 4 is 44.9 Å². The Morgan fingerprint density at radius 1 is 1.09 bits per heavy atom. The molecule has 1 atom stereocenters. The Hall–Kier alpha value is -4.83. The number of carboxylic acids is 1. The fourth-order valence-electron chi connectivity index (χ4n) is 6.27. The average Bonchev–Trinajstić information content (AvgIpc) is 3.79. The normalized spacial score (nSPS) is 17.0. The monoisotopic (exact) mass is 668 g/mol. The molecule has 3 aromatic heterocycles. The zero-order valence-electron chi connectivity index (χ0n) is 24.7. The van der Waals surface area contributed by atoms with Gasteiger partial charge in [-0.2, -0.15) is 18.3 Å². The highest BCUT2D eigenvalue weighted by molar-refractivity contribution is 7.13. The SMILES string of the molecule is O=C(Nc1nccs1)C(c1ncn2c1CCC2)n1cc2c(F)cc(-c3ccc(N4CC5(CNC5)C4)cc3)cc2n1.O=C(O)C(F)(F)F. The van der Waals surface area contributed by atoms with Gasteiger partial charge < -0.3 is 19.9 Å². The highest BCUT2D eigenvalue weighted by atomic mass is 32.1. The molecular weight excluding hydrogens is 640 g/mol. The summed E-state index contributed by atoms with van der Waals surface area (Å²) in [6.07, 6.45) is 1.77. The molecule has 16 heteroatoms. The number of halogens is 4. The lowest BCUT2D eigenvalue weighted by Crippen LogP contribution is -2.71. The van der Waals surface area contributed by atoms with Gasteiger partial charge in [0, 0.05) is 67.3 Å². The van der Waals surface area contributed by atoms with Crippen molar-refractivity contribution in [3.05, 3.63) is 77.7 Å². The minimum Gasteiger partial charge on any atom is -0.475 e. The number of alkyl halides is 3. The molecule has 11 nitrogen and oxygen atoms in total. The van der Waals surface area contributed by atoms with E-state index in [1.165, 1.54) is 17.0 Å². The van der Waals surface area contributed by atoms with E-state index in [4.69, 9.17) is 15.0 Å². The lowest BCUT2D eigenvalue weighted by molar-refractivity contribution is -0.192. The van der Waals surface area contributed by atoms with Crippen molar-refractivity contribution in [1.82, 2.24) is 29.6 Å². The molecule has 3 N–H and O–H groups in total. The molecule has 6 heterocycles. The number of carbonyl (C=O) groups is 2. The predicted octanol–water partition coefficient (Wildman–Crippen LogP) is 4.71. The van der Waals surface area contributed by atoms with E-state index < -0.39 is 18.2 Å². The first kappa shape index (κ1) is 30.8. The molecule has 47 heavy (non-hydrogen) atoms. The van der Waals surface area contributed by atoms with Gasteiger partial charge in [-0.1, -0.05) is 12.1 Å². The number of carbonyl (C=O) groups excluding carboxylic acids is 1. The van der Waals surface area contributed by atoms with Crippen molar-refractivity contribution in [2.24, 2.45) is 5.41 Å². The number of aromatic nitrogens is 5. The number of hydrogen-bond acceptors (Lipinski definition) is 8. The van der Waals surface area contributed by atoms with Gasteiger partial charge in [0.1, 0.15) is 5.82 Å². The second-order valence-corrected chi connectivity index (χ2v) is 12.8. The van der Waals surface area contributed by atoms with Crippen LogP contribution in [0.15, 0.2) is 60.5 Å². The second kappa shape index (κ2) is 11.8. The highest BCUT2D eigenvalue weighted by Crippen LogP contribution is 2.38. The number of benzene rings is 2. The molecule has 8 rings (SSSR count). The van der Waals surface area contributed by atoms with E-state index in [2.05, 4.69) is 42.2 Å². The molecule has 2 fully saturated rings. The Balaban J connectivity index is 0.000000455. The number of fused-ring (bicyclic) bond motifs is 2. The standard InChI is InChI=1S/C29H27FN8OS.C2HF3O2/c30-22-10-19(18-3-5-20(6-4-18)37-15-29(16-37)13-31-14-29)11-23-21(22)12-38(35-23)26(27(39)34-28-32-7-9-40-28)25-24-2-1-8-36(24)17-33-25;3-2(4,5)1(6)7/h3-7,9-12,17,26,31H,1-2,8,13-16H2,(H,32,34,39);(H,6,7). The van der Waals surface area contributed by atoms with Gasteiger partial charge in [0.25, 0.3) is 5.91 Å². The molecule has 3 aliphatic rings. The molecule has 5 aromatic rings. The van der Waals surface area contributed by atoms with Crippen LogP contribution >= 0.6 is 11.3 Å². The maximum absolute atomic E-state index is 15.5. The Bertz CT molecular complexity index is 1940. The quantitative estimate of drug-likeness (QED) is 0.222. The molecule has 1 unspecified atom stereocenters. The number of nitrogens with zero attached hydrogens (tertiary/aromatic N) is 6. The molecule has 2 saturated heterocycles. The van der Waals surface area contributed by atoms with E-state index in [0.717, 1.165) is 62.4 Å². The van der Waals surface area contributed by atoms with Gasteiger partial charge in [-0.3, -0.25) is 14.8 Å². The molecule has 1 spiro atoms. The first-order chi connectivity index (χ1) is 22.5. The fraction of sp³-hybridized carbons (Fsp3) is 0.323. The molecule has 1 amide bonds. The predicted molar refractivity (Wildman–Crippen MR) is 166 cm³/mol. The van der Waals surface area contributed by atoms with E-state index in [1.54, 1.807) is 34.8 Å². The number of aryl methyl sites for hydroxylation is 1. The Morgan fingerprint density at radius 3 is 2.47 bits per heavy atom. The van der Waals surface area contributed by atoms with Crippen LogP contribution in [-0.2, 0) is 22.6 Å². The summed E-state index contributed by atoms with van der Waals surface area (Å²) in [5, 5.41) is 20.8. The van der Waals surface area contributed by atoms with Gasteiger partial charge in [0.15, 0.2) is 11.2 Å². The zero-order chi connectivity index (χ0) is 32.9. The van der Waals surface area contributed by atoms with Crippen LogP contribution < -0.4 is 15.5 Å². The average molecular weight is 669 g/mol. The van der Waals surface area contributed by atoms with Crippen LogP contribution in [0.5, 0.6) is 0 Å². The Kier molecular flexibility index (Phi) is 7.71. The summed E-state index contributed by atoms with van der Waals surface area (Å²) in [5.74, 6) is -3.44. The van der Waals surface area contributed by atoms with Gasteiger partial charge in [-0.25, -0.2) is 19.2 Å². The van der Waals surface area contributed by atoms with Gasteiger partial charge >= 0.3 is 12.1 Å². The number of aliphatic carboxylic acids is 1. The second-order valence-electron chi connectivity index (χ2n) is 11.9. The number of hydrogen-bond donors (Lipinski definition) is 3. The van der Waals surface area contributed by atoms with E-state index in [9.17, 15) is 18.0 Å². The van der Waals surface area contributed by atoms with Crippen LogP contribution in [0, 0.1) is 11.2 Å². The summed E-state index contributed by atoms with van der Waals surface area (Å²) in [6, 6.07) is 10.9. The molecule has 0 radical (unpaired) electrons. The van der Waals surface area contributed by atoms with Crippen LogP contribution in [0.25, 0.3) is 22.0 Å². The summed E-state index contributed by atoms with van der Waals surface area (Å²) in [5.41, 5.74) is 5.46. The van der Waals surface area contributed by atoms with E-state index in [-0.39, 0.29) is 11.7 Å². The van der Waals surface area contributed by atoms with Crippen LogP contribution in [0.3, 0.4) is 0 Å². The first-order valence-corrected chi connectivity index (χ1v) is 15.7. The number of anilines is 2. The molecule has 0 saturated carbocycles. The number of amides is 1. The summed E-state index contributed by atoms with van der Waals surface area (Å²) in [6.45, 7) is 5.23. The van der Waals surface area contributed by atoms with Gasteiger partial charge in [0.2, 0.25) is 0 Å².